The normalized spacial score (nSPS) is 19.8. The minimum atomic E-state index is -3.97. The van der Waals surface area contributed by atoms with Gasteiger partial charge in [0.1, 0.15) is 11.6 Å². The van der Waals surface area contributed by atoms with E-state index in [0.717, 1.165) is 9.69 Å². The number of pyridine rings is 1. The lowest BCUT2D eigenvalue weighted by atomic mass is 9.98. The predicted octanol–water partition coefficient (Wildman–Crippen LogP) is 2.68. The van der Waals surface area contributed by atoms with Gasteiger partial charge in [-0.2, -0.15) is 4.31 Å². The number of hydrogen-bond acceptors (Lipinski definition) is 7. The van der Waals surface area contributed by atoms with Gasteiger partial charge in [0.2, 0.25) is 5.91 Å². The number of hydrogen-bond donors (Lipinski definition) is 2. The third kappa shape index (κ3) is 5.63. The van der Waals surface area contributed by atoms with Crippen molar-refractivity contribution in [2.24, 2.45) is 11.8 Å². The Kier molecular flexibility index (Phi) is 7.98. The van der Waals surface area contributed by atoms with E-state index in [1.807, 2.05) is 25.1 Å². The molecule has 0 bridgehead atoms. The number of nitrogens with one attached hydrogen (secondary N) is 2. The van der Waals surface area contributed by atoms with Crippen molar-refractivity contribution in [1.82, 2.24) is 19.9 Å². The predicted molar refractivity (Wildman–Crippen MR) is 141 cm³/mol. The Labute approximate surface area is 221 Å². The van der Waals surface area contributed by atoms with Gasteiger partial charge in [0.15, 0.2) is 16.6 Å². The molecule has 0 radical (unpaired) electrons. The van der Waals surface area contributed by atoms with Crippen LogP contribution in [0, 0.1) is 18.8 Å². The third-order valence-electron chi connectivity index (χ3n) is 6.72. The number of fused-ring (bicyclic) bond motifs is 1. The standard InChI is InChI=1S/C27H32N4O6S/c1-16(2)24(30-27(34)25-18(4)19-9-5-6-10-22(19)37-25)26(33)29-20-13-17(3)14-31(15-21(20)32)38(35,36)23-11-7-8-12-28-23/h5-12,16-17,20,24H,13-15H2,1-4H3,(H,29,33)(H,30,34)/t17-,20-,24?/m0/s1. The highest BCUT2D eigenvalue weighted by molar-refractivity contribution is 7.89. The summed E-state index contributed by atoms with van der Waals surface area (Å²) in [5.41, 5.74) is 1.24. The van der Waals surface area contributed by atoms with Crippen molar-refractivity contribution >= 4 is 38.6 Å². The molecule has 1 fully saturated rings. The van der Waals surface area contributed by atoms with Crippen LogP contribution in [0.2, 0.25) is 0 Å². The Balaban J connectivity index is 1.48. The van der Waals surface area contributed by atoms with Crippen LogP contribution in [0.1, 0.15) is 43.3 Å². The maximum atomic E-state index is 13.3. The minimum absolute atomic E-state index is 0.118. The van der Waals surface area contributed by atoms with Crippen molar-refractivity contribution in [3.05, 3.63) is 60.0 Å². The average molecular weight is 541 g/mol. The first-order valence-corrected chi connectivity index (χ1v) is 14.0. The Morgan fingerprint density at radius 2 is 1.84 bits per heavy atom. The first-order valence-electron chi connectivity index (χ1n) is 12.5. The smallest absolute Gasteiger partial charge is 0.287 e. The van der Waals surface area contributed by atoms with E-state index in [-0.39, 0.29) is 42.1 Å². The number of amides is 2. The summed E-state index contributed by atoms with van der Waals surface area (Å²) in [5.74, 6) is -1.85. The van der Waals surface area contributed by atoms with Crippen molar-refractivity contribution in [3.8, 4) is 0 Å². The molecule has 3 atom stereocenters. The molecule has 38 heavy (non-hydrogen) atoms. The molecule has 1 aliphatic rings. The monoisotopic (exact) mass is 540 g/mol. The molecular weight excluding hydrogens is 508 g/mol. The van der Waals surface area contributed by atoms with Crippen LogP contribution in [0.3, 0.4) is 0 Å². The van der Waals surface area contributed by atoms with Gasteiger partial charge in [-0.3, -0.25) is 14.4 Å². The fourth-order valence-electron chi connectivity index (χ4n) is 4.65. The molecule has 2 aromatic heterocycles. The number of carbonyl (C=O) groups is 3. The molecule has 3 aromatic rings. The van der Waals surface area contributed by atoms with Gasteiger partial charge in [-0.25, -0.2) is 13.4 Å². The van der Waals surface area contributed by atoms with Gasteiger partial charge in [0, 0.05) is 23.7 Å². The maximum absolute atomic E-state index is 13.3. The van der Waals surface area contributed by atoms with E-state index < -0.39 is 39.7 Å². The molecule has 2 N–H and O–H groups in total. The quantitative estimate of drug-likeness (QED) is 0.470. The molecular formula is C27H32N4O6S. The van der Waals surface area contributed by atoms with Gasteiger partial charge < -0.3 is 15.1 Å². The van der Waals surface area contributed by atoms with E-state index in [2.05, 4.69) is 15.6 Å². The zero-order valence-electron chi connectivity index (χ0n) is 21.8. The summed E-state index contributed by atoms with van der Waals surface area (Å²) in [5, 5.41) is 6.19. The van der Waals surface area contributed by atoms with Gasteiger partial charge in [-0.1, -0.05) is 45.0 Å². The number of nitrogens with zero attached hydrogens (tertiary/aromatic N) is 2. The molecule has 0 aliphatic carbocycles. The lowest BCUT2D eigenvalue weighted by Gasteiger charge is -2.25. The van der Waals surface area contributed by atoms with Crippen LogP contribution in [0.25, 0.3) is 11.0 Å². The summed E-state index contributed by atoms with van der Waals surface area (Å²) in [4.78, 5) is 43.4. The fourth-order valence-corrected chi connectivity index (χ4v) is 6.11. The lowest BCUT2D eigenvalue weighted by molar-refractivity contribution is -0.129. The topological polar surface area (TPSA) is 139 Å². The van der Waals surface area contributed by atoms with Gasteiger partial charge in [-0.15, -0.1) is 0 Å². The Morgan fingerprint density at radius 1 is 1.13 bits per heavy atom. The number of aromatic nitrogens is 1. The van der Waals surface area contributed by atoms with Crippen LogP contribution in [0.15, 0.2) is 58.1 Å². The second-order valence-electron chi connectivity index (χ2n) is 10.1. The summed E-state index contributed by atoms with van der Waals surface area (Å²) < 4.78 is 33.0. The van der Waals surface area contributed by atoms with Crippen molar-refractivity contribution < 1.29 is 27.2 Å². The molecule has 10 nitrogen and oxygen atoms in total. The molecule has 4 rings (SSSR count). The van der Waals surface area contributed by atoms with Crippen LogP contribution < -0.4 is 10.6 Å². The Hall–Kier alpha value is -3.57. The highest BCUT2D eigenvalue weighted by Gasteiger charge is 2.37. The number of Topliss-reactive ketones (excluding diaryl/α,β-unsaturated/α-hetero) is 1. The first kappa shape index (κ1) is 27.5. The molecule has 3 heterocycles. The third-order valence-corrected chi connectivity index (χ3v) is 8.45. The number of furan rings is 1. The molecule has 1 aromatic carbocycles. The molecule has 202 valence electrons. The Morgan fingerprint density at radius 3 is 2.50 bits per heavy atom. The van der Waals surface area contributed by atoms with Gasteiger partial charge in [-0.05, 0) is 43.4 Å². The van der Waals surface area contributed by atoms with E-state index in [9.17, 15) is 22.8 Å². The van der Waals surface area contributed by atoms with E-state index in [4.69, 9.17) is 4.42 Å². The SMILES string of the molecule is Cc1c(C(=O)NC(C(=O)N[C@H]2C[C@H](C)CN(S(=O)(=O)c3ccccn3)CC2=O)C(C)C)oc2ccccc12. The molecule has 0 spiro atoms. The summed E-state index contributed by atoms with van der Waals surface area (Å²) in [6.07, 6.45) is 1.65. The van der Waals surface area contributed by atoms with E-state index in [1.54, 1.807) is 39.0 Å². The number of para-hydroxylation sites is 1. The zero-order chi connectivity index (χ0) is 27.6. The van der Waals surface area contributed by atoms with Crippen molar-refractivity contribution in [2.75, 3.05) is 13.1 Å². The minimum Gasteiger partial charge on any atom is -0.451 e. The fraction of sp³-hybridized carbons (Fsp3) is 0.407. The van der Waals surface area contributed by atoms with E-state index >= 15 is 0 Å². The second kappa shape index (κ2) is 11.0. The van der Waals surface area contributed by atoms with Crippen molar-refractivity contribution in [1.29, 1.82) is 0 Å². The van der Waals surface area contributed by atoms with Crippen LogP contribution in [-0.2, 0) is 19.6 Å². The molecule has 1 unspecified atom stereocenters. The summed E-state index contributed by atoms with van der Waals surface area (Å²) >= 11 is 0. The van der Waals surface area contributed by atoms with Gasteiger partial charge in [0.25, 0.3) is 15.9 Å². The summed E-state index contributed by atoms with van der Waals surface area (Å²) in [6.45, 7) is 6.91. The van der Waals surface area contributed by atoms with Crippen molar-refractivity contribution in [2.45, 2.75) is 51.2 Å². The Bertz CT molecular complexity index is 1450. The lowest BCUT2D eigenvalue weighted by Crippen LogP contribution is -2.54. The average Bonchev–Trinajstić information content (AvgIpc) is 3.15. The number of rotatable bonds is 7. The van der Waals surface area contributed by atoms with Crippen LogP contribution in [0.4, 0.5) is 0 Å². The number of ketones is 1. The van der Waals surface area contributed by atoms with E-state index in [1.165, 1.54) is 12.3 Å². The maximum Gasteiger partial charge on any atom is 0.287 e. The molecule has 0 saturated carbocycles. The summed E-state index contributed by atoms with van der Waals surface area (Å²) in [6, 6.07) is 10.0. The van der Waals surface area contributed by atoms with Crippen LogP contribution in [-0.4, -0.2) is 60.5 Å². The number of benzene rings is 1. The molecule has 11 heteroatoms. The largest absolute Gasteiger partial charge is 0.451 e. The number of sulfonamides is 1. The first-order chi connectivity index (χ1) is 18.0. The molecule has 1 saturated heterocycles. The molecule has 2 amide bonds. The van der Waals surface area contributed by atoms with Crippen LogP contribution in [0.5, 0.6) is 0 Å². The summed E-state index contributed by atoms with van der Waals surface area (Å²) in [7, 11) is -3.97. The van der Waals surface area contributed by atoms with Gasteiger partial charge in [0.05, 0.1) is 12.6 Å². The number of aryl methyl sites for hydroxylation is 1. The molecule has 1 aliphatic heterocycles. The highest BCUT2D eigenvalue weighted by Crippen LogP contribution is 2.25. The van der Waals surface area contributed by atoms with Crippen LogP contribution >= 0.6 is 0 Å². The highest BCUT2D eigenvalue weighted by atomic mass is 32.2. The van der Waals surface area contributed by atoms with E-state index in [0.29, 0.717) is 11.1 Å². The second-order valence-corrected chi connectivity index (χ2v) is 12.0. The number of carbonyl (C=O) groups excluding carboxylic acids is 3. The van der Waals surface area contributed by atoms with Gasteiger partial charge >= 0.3 is 0 Å². The zero-order valence-corrected chi connectivity index (χ0v) is 22.6. The van der Waals surface area contributed by atoms with Crippen molar-refractivity contribution in [3.63, 3.8) is 0 Å².